The van der Waals surface area contributed by atoms with Crippen molar-refractivity contribution in [2.45, 2.75) is 37.5 Å². The molecule has 0 radical (unpaired) electrons. The van der Waals surface area contributed by atoms with Gasteiger partial charge in [-0.25, -0.2) is 0 Å². The highest BCUT2D eigenvalue weighted by atomic mass is 16.5. The molecule has 2 aliphatic heterocycles. The van der Waals surface area contributed by atoms with E-state index in [-0.39, 0.29) is 18.2 Å². The molecular formula is C17H32N4O4. The summed E-state index contributed by atoms with van der Waals surface area (Å²) in [7, 11) is 1.92. The number of hydrogen-bond donors (Lipinski definition) is 2. The molecule has 3 atom stereocenters. The maximum Gasteiger partial charge on any atom is 0.210 e. The third-order valence-corrected chi connectivity index (χ3v) is 4.84. The summed E-state index contributed by atoms with van der Waals surface area (Å²) in [4.78, 5) is 25.7. The lowest BCUT2D eigenvalue weighted by atomic mass is 10.1. The molecule has 2 saturated heterocycles. The van der Waals surface area contributed by atoms with E-state index in [9.17, 15) is 9.59 Å². The first-order valence-corrected chi connectivity index (χ1v) is 9.25. The second-order valence-electron chi connectivity index (χ2n) is 6.74. The van der Waals surface area contributed by atoms with E-state index >= 15 is 0 Å². The lowest BCUT2D eigenvalue weighted by Crippen LogP contribution is -2.53. The molecule has 2 fully saturated rings. The minimum absolute atomic E-state index is 0.0971. The SMILES string of the molecule is CNCCC1CN(C=O)C(CNCCC[C@@H]2CN(C=O)CCO2)CO1. The quantitative estimate of drug-likeness (QED) is 0.367. The van der Waals surface area contributed by atoms with Gasteiger partial charge in [0.2, 0.25) is 12.8 Å². The van der Waals surface area contributed by atoms with Gasteiger partial charge in [0, 0.05) is 26.2 Å². The van der Waals surface area contributed by atoms with E-state index in [0.717, 1.165) is 51.7 Å². The van der Waals surface area contributed by atoms with Crippen molar-refractivity contribution in [3.05, 3.63) is 0 Å². The first-order chi connectivity index (χ1) is 12.3. The molecule has 0 aromatic carbocycles. The summed E-state index contributed by atoms with van der Waals surface area (Å²) in [6.45, 7) is 5.75. The van der Waals surface area contributed by atoms with Crippen LogP contribution in [0.15, 0.2) is 0 Å². The van der Waals surface area contributed by atoms with Crippen LogP contribution in [0.4, 0.5) is 0 Å². The Hall–Kier alpha value is -1.22. The highest BCUT2D eigenvalue weighted by Gasteiger charge is 2.27. The maximum atomic E-state index is 11.3. The van der Waals surface area contributed by atoms with E-state index in [1.54, 1.807) is 4.90 Å². The molecule has 0 saturated carbocycles. The average Bonchev–Trinajstić information content (AvgIpc) is 2.66. The summed E-state index contributed by atoms with van der Waals surface area (Å²) in [6.07, 6.45) is 4.93. The van der Waals surface area contributed by atoms with Crippen LogP contribution in [0.25, 0.3) is 0 Å². The van der Waals surface area contributed by atoms with Gasteiger partial charge in [-0.1, -0.05) is 0 Å². The third kappa shape index (κ3) is 6.89. The van der Waals surface area contributed by atoms with E-state index in [2.05, 4.69) is 10.6 Å². The zero-order valence-electron chi connectivity index (χ0n) is 15.2. The number of ether oxygens (including phenoxy) is 2. The molecule has 0 bridgehead atoms. The van der Waals surface area contributed by atoms with Gasteiger partial charge in [0.1, 0.15) is 0 Å². The molecule has 144 valence electrons. The van der Waals surface area contributed by atoms with Crippen LogP contribution in [0, 0.1) is 0 Å². The standard InChI is InChI=1S/C17H32N4O4/c1-18-6-4-17-11-21(14-23)15(12-25-17)9-19-5-2-3-16-10-20(13-22)7-8-24-16/h13-19H,2-12H2,1H3/t15?,16-,17?/m1/s1. The Morgan fingerprint density at radius 1 is 1.08 bits per heavy atom. The topological polar surface area (TPSA) is 83.1 Å². The summed E-state index contributed by atoms with van der Waals surface area (Å²) in [6, 6.07) is 0.0971. The minimum atomic E-state index is 0.0971. The number of nitrogens with one attached hydrogen (secondary N) is 2. The average molecular weight is 356 g/mol. The summed E-state index contributed by atoms with van der Waals surface area (Å²) in [5.74, 6) is 0. The van der Waals surface area contributed by atoms with Crippen molar-refractivity contribution in [2.24, 2.45) is 0 Å². The molecule has 2 heterocycles. The van der Waals surface area contributed by atoms with Crippen molar-refractivity contribution < 1.29 is 19.1 Å². The molecule has 0 aromatic rings. The summed E-state index contributed by atoms with van der Waals surface area (Å²) in [5, 5.41) is 6.52. The number of amides is 2. The van der Waals surface area contributed by atoms with E-state index < -0.39 is 0 Å². The molecule has 8 nitrogen and oxygen atoms in total. The number of carbonyl (C=O) groups is 2. The van der Waals surface area contributed by atoms with E-state index in [0.29, 0.717) is 32.8 Å². The Labute approximate surface area is 150 Å². The molecule has 2 aliphatic rings. The Kier molecular flexibility index (Phi) is 9.17. The molecule has 2 amide bonds. The monoisotopic (exact) mass is 356 g/mol. The van der Waals surface area contributed by atoms with Gasteiger partial charge in [0.15, 0.2) is 0 Å². The van der Waals surface area contributed by atoms with Crippen molar-refractivity contribution in [3.8, 4) is 0 Å². The first kappa shape index (κ1) is 20.1. The number of rotatable bonds is 11. The van der Waals surface area contributed by atoms with Gasteiger partial charge in [0.05, 0.1) is 31.5 Å². The van der Waals surface area contributed by atoms with Crippen LogP contribution in [0.5, 0.6) is 0 Å². The molecule has 8 heteroatoms. The molecule has 2 N–H and O–H groups in total. The maximum absolute atomic E-state index is 11.3. The van der Waals surface area contributed by atoms with Gasteiger partial charge in [0.25, 0.3) is 0 Å². The first-order valence-electron chi connectivity index (χ1n) is 9.25. The number of carbonyl (C=O) groups excluding carboxylic acids is 2. The molecule has 0 aliphatic carbocycles. The zero-order valence-corrected chi connectivity index (χ0v) is 15.2. The smallest absolute Gasteiger partial charge is 0.210 e. The molecule has 25 heavy (non-hydrogen) atoms. The Balaban J connectivity index is 1.58. The predicted octanol–water partition coefficient (Wildman–Crippen LogP) is -0.951. The molecular weight excluding hydrogens is 324 g/mol. The fourth-order valence-corrected chi connectivity index (χ4v) is 3.30. The second-order valence-corrected chi connectivity index (χ2v) is 6.74. The van der Waals surface area contributed by atoms with Crippen molar-refractivity contribution in [1.82, 2.24) is 20.4 Å². The van der Waals surface area contributed by atoms with Crippen LogP contribution in [0.2, 0.25) is 0 Å². The fourth-order valence-electron chi connectivity index (χ4n) is 3.30. The van der Waals surface area contributed by atoms with Crippen LogP contribution >= 0.6 is 0 Å². The fraction of sp³-hybridized carbons (Fsp3) is 0.882. The van der Waals surface area contributed by atoms with Crippen LogP contribution < -0.4 is 10.6 Å². The largest absolute Gasteiger partial charge is 0.375 e. The molecule has 0 spiro atoms. The summed E-state index contributed by atoms with van der Waals surface area (Å²) < 4.78 is 11.5. The highest BCUT2D eigenvalue weighted by Crippen LogP contribution is 2.12. The molecule has 2 rings (SSSR count). The van der Waals surface area contributed by atoms with Crippen LogP contribution in [0.3, 0.4) is 0 Å². The third-order valence-electron chi connectivity index (χ3n) is 4.84. The Bertz CT molecular complexity index is 399. The van der Waals surface area contributed by atoms with Crippen LogP contribution in [0.1, 0.15) is 19.3 Å². The highest BCUT2D eigenvalue weighted by molar-refractivity contribution is 5.48. The van der Waals surface area contributed by atoms with Gasteiger partial charge >= 0.3 is 0 Å². The lowest BCUT2D eigenvalue weighted by molar-refractivity contribution is -0.131. The summed E-state index contributed by atoms with van der Waals surface area (Å²) in [5.41, 5.74) is 0. The van der Waals surface area contributed by atoms with E-state index in [1.807, 2.05) is 11.9 Å². The minimum Gasteiger partial charge on any atom is -0.375 e. The molecule has 2 unspecified atom stereocenters. The van der Waals surface area contributed by atoms with Crippen molar-refractivity contribution >= 4 is 12.8 Å². The predicted molar refractivity (Wildman–Crippen MR) is 94.3 cm³/mol. The van der Waals surface area contributed by atoms with E-state index in [4.69, 9.17) is 9.47 Å². The van der Waals surface area contributed by atoms with Crippen molar-refractivity contribution in [1.29, 1.82) is 0 Å². The van der Waals surface area contributed by atoms with Crippen LogP contribution in [-0.4, -0.2) is 100 Å². The molecule has 0 aromatic heterocycles. The van der Waals surface area contributed by atoms with Gasteiger partial charge in [-0.2, -0.15) is 0 Å². The normalized spacial score (nSPS) is 27.3. The van der Waals surface area contributed by atoms with Gasteiger partial charge in [-0.05, 0) is 39.4 Å². The number of morpholine rings is 2. The van der Waals surface area contributed by atoms with Crippen molar-refractivity contribution in [2.75, 3.05) is 59.5 Å². The zero-order chi connectivity index (χ0) is 17.9. The van der Waals surface area contributed by atoms with Gasteiger partial charge < -0.3 is 29.9 Å². The summed E-state index contributed by atoms with van der Waals surface area (Å²) >= 11 is 0. The van der Waals surface area contributed by atoms with E-state index in [1.165, 1.54) is 0 Å². The lowest BCUT2D eigenvalue weighted by Gasteiger charge is -2.37. The van der Waals surface area contributed by atoms with Crippen LogP contribution in [-0.2, 0) is 19.1 Å². The van der Waals surface area contributed by atoms with Crippen molar-refractivity contribution in [3.63, 3.8) is 0 Å². The van der Waals surface area contributed by atoms with Gasteiger partial charge in [-0.3, -0.25) is 9.59 Å². The number of hydrogen-bond acceptors (Lipinski definition) is 6. The Morgan fingerprint density at radius 3 is 2.68 bits per heavy atom. The number of nitrogens with zero attached hydrogens (tertiary/aromatic N) is 2. The van der Waals surface area contributed by atoms with Gasteiger partial charge in [-0.15, -0.1) is 0 Å². The second kappa shape index (κ2) is 11.4. The Morgan fingerprint density at radius 2 is 1.92 bits per heavy atom.